The molecule has 4 heteroatoms. The summed E-state index contributed by atoms with van der Waals surface area (Å²) < 4.78 is 12.3. The Morgan fingerprint density at radius 1 is 0.464 bits per heavy atom. The van der Waals surface area contributed by atoms with Crippen LogP contribution in [0.1, 0.15) is 0 Å². The highest BCUT2D eigenvalue weighted by Crippen LogP contribution is 2.40. The largest absolute Gasteiger partial charge is 0.453 e. The van der Waals surface area contributed by atoms with Gasteiger partial charge in [0.15, 0.2) is 11.5 Å². The van der Waals surface area contributed by atoms with Crippen molar-refractivity contribution in [1.29, 1.82) is 0 Å². The number of benzene rings is 4. The summed E-state index contributed by atoms with van der Waals surface area (Å²) in [5.41, 5.74) is 3.07. The fourth-order valence-electron chi connectivity index (χ4n) is 3.04. The molecule has 1 aromatic heterocycles. The Balaban J connectivity index is 1.71. The second kappa shape index (κ2) is 7.00. The highest BCUT2D eigenvalue weighted by Gasteiger charge is 2.16. The SMILES string of the molecule is c1ccc(Oc2ccc3nc4ccccc4nc3c2Oc2ccccc2)cc1. The molecular weight excluding hydrogens is 348 g/mol. The quantitative estimate of drug-likeness (QED) is 0.348. The highest BCUT2D eigenvalue weighted by molar-refractivity contribution is 5.91. The van der Waals surface area contributed by atoms with Gasteiger partial charge in [0.25, 0.3) is 0 Å². The van der Waals surface area contributed by atoms with Crippen LogP contribution in [0.2, 0.25) is 0 Å². The predicted molar refractivity (Wildman–Crippen MR) is 110 cm³/mol. The summed E-state index contributed by atoms with van der Waals surface area (Å²) in [6.45, 7) is 0. The Labute approximate surface area is 162 Å². The molecule has 0 spiro atoms. The van der Waals surface area contributed by atoms with Gasteiger partial charge in [-0.15, -0.1) is 0 Å². The second-order valence-corrected chi connectivity index (χ2v) is 6.30. The minimum atomic E-state index is 0.547. The van der Waals surface area contributed by atoms with Gasteiger partial charge in [0.05, 0.1) is 16.6 Å². The molecule has 0 radical (unpaired) electrons. The Bertz CT molecular complexity index is 1260. The first-order chi connectivity index (χ1) is 13.9. The van der Waals surface area contributed by atoms with Gasteiger partial charge in [-0.25, -0.2) is 9.97 Å². The van der Waals surface area contributed by atoms with Crippen LogP contribution in [0.3, 0.4) is 0 Å². The highest BCUT2D eigenvalue weighted by atomic mass is 16.5. The number of hydrogen-bond donors (Lipinski definition) is 0. The van der Waals surface area contributed by atoms with Crippen LogP contribution >= 0.6 is 0 Å². The molecule has 0 aliphatic heterocycles. The molecule has 5 rings (SSSR count). The van der Waals surface area contributed by atoms with E-state index in [-0.39, 0.29) is 0 Å². The summed E-state index contributed by atoms with van der Waals surface area (Å²) in [4.78, 5) is 9.54. The Kier molecular flexibility index (Phi) is 4.07. The van der Waals surface area contributed by atoms with Crippen molar-refractivity contribution in [1.82, 2.24) is 9.97 Å². The molecule has 5 aromatic rings. The molecule has 0 atom stereocenters. The summed E-state index contributed by atoms with van der Waals surface area (Å²) >= 11 is 0. The molecule has 4 nitrogen and oxygen atoms in total. The fraction of sp³-hybridized carbons (Fsp3) is 0. The first-order valence-corrected chi connectivity index (χ1v) is 9.02. The van der Waals surface area contributed by atoms with Gasteiger partial charge < -0.3 is 9.47 Å². The van der Waals surface area contributed by atoms with Crippen molar-refractivity contribution in [3.8, 4) is 23.0 Å². The van der Waals surface area contributed by atoms with Crippen LogP contribution in [-0.4, -0.2) is 9.97 Å². The Hall–Kier alpha value is -3.92. The van der Waals surface area contributed by atoms with Crippen molar-refractivity contribution in [2.75, 3.05) is 0 Å². The number of nitrogens with zero attached hydrogens (tertiary/aromatic N) is 2. The summed E-state index contributed by atoms with van der Waals surface area (Å²) in [6, 6.07) is 30.8. The number of rotatable bonds is 4. The maximum Gasteiger partial charge on any atom is 0.197 e. The molecular formula is C24H16N2O2. The van der Waals surface area contributed by atoms with Crippen molar-refractivity contribution >= 4 is 22.1 Å². The molecule has 0 saturated heterocycles. The molecule has 134 valence electrons. The molecule has 0 unspecified atom stereocenters. The van der Waals surface area contributed by atoms with Crippen LogP contribution < -0.4 is 9.47 Å². The molecule has 0 aliphatic rings. The maximum atomic E-state index is 6.22. The van der Waals surface area contributed by atoms with E-state index in [4.69, 9.17) is 19.4 Å². The zero-order valence-corrected chi connectivity index (χ0v) is 14.9. The third-order valence-electron chi connectivity index (χ3n) is 4.36. The van der Waals surface area contributed by atoms with Crippen LogP contribution in [0, 0.1) is 0 Å². The van der Waals surface area contributed by atoms with E-state index in [2.05, 4.69) is 0 Å². The van der Waals surface area contributed by atoms with Crippen LogP contribution in [0.15, 0.2) is 97.1 Å². The zero-order valence-electron chi connectivity index (χ0n) is 14.9. The molecule has 0 aliphatic carbocycles. The van der Waals surface area contributed by atoms with Crippen LogP contribution in [0.25, 0.3) is 22.1 Å². The summed E-state index contributed by atoms with van der Waals surface area (Å²) in [6.07, 6.45) is 0. The van der Waals surface area contributed by atoms with Crippen molar-refractivity contribution in [3.63, 3.8) is 0 Å². The molecule has 0 fully saturated rings. The predicted octanol–water partition coefficient (Wildman–Crippen LogP) is 6.37. The molecule has 0 saturated carbocycles. The Morgan fingerprint density at radius 2 is 1.04 bits per heavy atom. The molecule has 1 heterocycles. The minimum absolute atomic E-state index is 0.547. The molecule has 0 bridgehead atoms. The average Bonchev–Trinajstić information content (AvgIpc) is 2.76. The van der Waals surface area contributed by atoms with E-state index in [0.717, 1.165) is 22.3 Å². The van der Waals surface area contributed by atoms with E-state index in [9.17, 15) is 0 Å². The number of fused-ring (bicyclic) bond motifs is 2. The third kappa shape index (κ3) is 3.12. The summed E-state index contributed by atoms with van der Waals surface area (Å²) in [7, 11) is 0. The van der Waals surface area contributed by atoms with Gasteiger partial charge in [0.1, 0.15) is 17.0 Å². The van der Waals surface area contributed by atoms with Crippen molar-refractivity contribution in [2.24, 2.45) is 0 Å². The first kappa shape index (κ1) is 16.3. The maximum absolute atomic E-state index is 6.22. The van der Waals surface area contributed by atoms with Gasteiger partial charge in [-0.2, -0.15) is 0 Å². The molecule has 28 heavy (non-hydrogen) atoms. The lowest BCUT2D eigenvalue weighted by molar-refractivity contribution is 0.422. The molecule has 0 N–H and O–H groups in total. The van der Waals surface area contributed by atoms with E-state index in [1.807, 2.05) is 97.1 Å². The van der Waals surface area contributed by atoms with Gasteiger partial charge in [0, 0.05) is 0 Å². The van der Waals surface area contributed by atoms with Gasteiger partial charge in [0.2, 0.25) is 0 Å². The topological polar surface area (TPSA) is 44.2 Å². The van der Waals surface area contributed by atoms with E-state index in [1.165, 1.54) is 0 Å². The van der Waals surface area contributed by atoms with Crippen LogP contribution in [0.5, 0.6) is 23.0 Å². The number of aromatic nitrogens is 2. The van der Waals surface area contributed by atoms with Crippen molar-refractivity contribution < 1.29 is 9.47 Å². The van der Waals surface area contributed by atoms with Gasteiger partial charge in [-0.3, -0.25) is 0 Å². The lowest BCUT2D eigenvalue weighted by Crippen LogP contribution is -1.95. The van der Waals surface area contributed by atoms with E-state index >= 15 is 0 Å². The third-order valence-corrected chi connectivity index (χ3v) is 4.36. The monoisotopic (exact) mass is 364 g/mol. The van der Waals surface area contributed by atoms with Gasteiger partial charge in [-0.05, 0) is 48.5 Å². The standard InChI is InChI=1S/C24H16N2O2/c1-3-9-17(10-4-1)27-22-16-15-21-23(24(22)28-18-11-5-2-6-12-18)26-20-14-8-7-13-19(20)25-21/h1-16H. The smallest absolute Gasteiger partial charge is 0.197 e. The lowest BCUT2D eigenvalue weighted by Gasteiger charge is -2.14. The summed E-state index contributed by atoms with van der Waals surface area (Å²) in [5, 5.41) is 0. The van der Waals surface area contributed by atoms with Crippen molar-refractivity contribution in [2.45, 2.75) is 0 Å². The zero-order chi connectivity index (χ0) is 18.8. The first-order valence-electron chi connectivity index (χ1n) is 9.02. The van der Waals surface area contributed by atoms with Crippen molar-refractivity contribution in [3.05, 3.63) is 97.1 Å². The number of para-hydroxylation sites is 4. The van der Waals surface area contributed by atoms with Crippen LogP contribution in [0.4, 0.5) is 0 Å². The number of ether oxygens (including phenoxy) is 2. The second-order valence-electron chi connectivity index (χ2n) is 6.30. The van der Waals surface area contributed by atoms with E-state index in [0.29, 0.717) is 22.8 Å². The normalized spacial score (nSPS) is 10.9. The summed E-state index contributed by atoms with van der Waals surface area (Å²) in [5.74, 6) is 2.58. The van der Waals surface area contributed by atoms with Gasteiger partial charge in [-0.1, -0.05) is 48.5 Å². The van der Waals surface area contributed by atoms with Gasteiger partial charge >= 0.3 is 0 Å². The lowest BCUT2D eigenvalue weighted by atomic mass is 10.2. The molecule has 0 amide bonds. The van der Waals surface area contributed by atoms with Crippen LogP contribution in [-0.2, 0) is 0 Å². The average molecular weight is 364 g/mol. The van der Waals surface area contributed by atoms with E-state index < -0.39 is 0 Å². The number of hydrogen-bond acceptors (Lipinski definition) is 4. The fourth-order valence-corrected chi connectivity index (χ4v) is 3.04. The molecule has 4 aromatic carbocycles. The Morgan fingerprint density at radius 3 is 1.71 bits per heavy atom. The minimum Gasteiger partial charge on any atom is -0.453 e. The van der Waals surface area contributed by atoms with E-state index in [1.54, 1.807) is 0 Å².